The molecule has 2 aromatic rings. The third-order valence-electron chi connectivity index (χ3n) is 2.75. The molecule has 4 nitrogen and oxygen atoms in total. The lowest BCUT2D eigenvalue weighted by molar-refractivity contribution is 0.865. The first-order valence-electron chi connectivity index (χ1n) is 6.84. The van der Waals surface area contributed by atoms with Crippen molar-refractivity contribution in [2.24, 2.45) is 0 Å². The van der Waals surface area contributed by atoms with Crippen molar-refractivity contribution in [3.05, 3.63) is 40.0 Å². The molecule has 0 bridgehead atoms. The number of anilines is 3. The number of hydrogen-bond donors (Lipinski definition) is 2. The van der Waals surface area contributed by atoms with Gasteiger partial charge in [0.05, 0.1) is 10.0 Å². The molecule has 2 N–H and O–H groups in total. The summed E-state index contributed by atoms with van der Waals surface area (Å²) in [5, 5.41) is 7.48. The fourth-order valence-corrected chi connectivity index (χ4v) is 2.09. The molecule has 0 radical (unpaired) electrons. The molecule has 0 saturated carbocycles. The van der Waals surface area contributed by atoms with Crippen molar-refractivity contribution < 1.29 is 0 Å². The zero-order valence-electron chi connectivity index (χ0n) is 12.7. The predicted octanol–water partition coefficient (Wildman–Crippen LogP) is 5.33. The molecule has 0 fully saturated rings. The molecule has 0 aliphatic heterocycles. The molecule has 0 aliphatic rings. The maximum absolute atomic E-state index is 6.02. The first-order chi connectivity index (χ1) is 9.97. The Balaban J connectivity index is 0.00000242. The van der Waals surface area contributed by atoms with Crippen LogP contribution in [0.2, 0.25) is 10.0 Å². The third kappa shape index (κ3) is 5.20. The van der Waals surface area contributed by atoms with Crippen molar-refractivity contribution in [3.63, 3.8) is 0 Å². The highest BCUT2D eigenvalue weighted by Crippen LogP contribution is 2.27. The second-order valence-corrected chi connectivity index (χ2v) is 5.79. The Labute approximate surface area is 147 Å². The van der Waals surface area contributed by atoms with Crippen LogP contribution in [0.4, 0.5) is 17.5 Å². The molecule has 1 aromatic heterocycles. The number of aryl methyl sites for hydroxylation is 1. The number of halogens is 3. The number of nitrogens with one attached hydrogen (secondary N) is 2. The van der Waals surface area contributed by atoms with Crippen molar-refractivity contribution in [3.8, 4) is 0 Å². The minimum absolute atomic E-state index is 0. The fraction of sp³-hybridized carbons (Fsp3) is 0.333. The lowest BCUT2D eigenvalue weighted by Crippen LogP contribution is -2.14. The molecule has 0 spiro atoms. The van der Waals surface area contributed by atoms with Crippen LogP contribution < -0.4 is 10.6 Å². The predicted molar refractivity (Wildman–Crippen MR) is 97.2 cm³/mol. The van der Waals surface area contributed by atoms with Gasteiger partial charge in [0, 0.05) is 23.5 Å². The highest BCUT2D eigenvalue weighted by Gasteiger charge is 2.06. The van der Waals surface area contributed by atoms with Crippen molar-refractivity contribution in [1.29, 1.82) is 0 Å². The van der Waals surface area contributed by atoms with E-state index in [1.54, 1.807) is 12.1 Å². The van der Waals surface area contributed by atoms with E-state index in [1.165, 1.54) is 0 Å². The van der Waals surface area contributed by atoms with Gasteiger partial charge in [-0.25, -0.2) is 4.98 Å². The number of aromatic nitrogens is 2. The van der Waals surface area contributed by atoms with E-state index in [1.807, 2.05) is 26.0 Å². The molecule has 1 heterocycles. The van der Waals surface area contributed by atoms with Gasteiger partial charge < -0.3 is 10.6 Å². The van der Waals surface area contributed by atoms with Gasteiger partial charge in [-0.2, -0.15) is 4.98 Å². The highest BCUT2D eigenvalue weighted by molar-refractivity contribution is 6.42. The zero-order chi connectivity index (χ0) is 15.4. The second kappa shape index (κ2) is 8.42. The van der Waals surface area contributed by atoms with Gasteiger partial charge in [-0.15, -0.1) is 12.4 Å². The van der Waals surface area contributed by atoms with E-state index in [4.69, 9.17) is 23.2 Å². The summed E-state index contributed by atoms with van der Waals surface area (Å²) < 4.78 is 0. The van der Waals surface area contributed by atoms with Gasteiger partial charge in [-0.05, 0) is 38.5 Å². The van der Waals surface area contributed by atoms with Gasteiger partial charge in [0.2, 0.25) is 5.95 Å². The minimum Gasteiger partial charge on any atom is -0.352 e. The quantitative estimate of drug-likeness (QED) is 0.755. The summed E-state index contributed by atoms with van der Waals surface area (Å²) in [6.45, 7) is 6.16. The van der Waals surface area contributed by atoms with Crippen LogP contribution in [0.3, 0.4) is 0 Å². The summed E-state index contributed by atoms with van der Waals surface area (Å²) in [6.07, 6.45) is 0.839. The smallest absolute Gasteiger partial charge is 0.225 e. The van der Waals surface area contributed by atoms with Gasteiger partial charge in [0.1, 0.15) is 5.82 Å². The van der Waals surface area contributed by atoms with E-state index in [2.05, 4.69) is 27.5 Å². The molecule has 7 heteroatoms. The van der Waals surface area contributed by atoms with Crippen molar-refractivity contribution in [1.82, 2.24) is 9.97 Å². The van der Waals surface area contributed by atoms with Crippen LogP contribution in [0.1, 0.15) is 26.5 Å². The zero-order valence-corrected chi connectivity index (χ0v) is 15.0. The molecule has 0 unspecified atom stereocenters. The van der Waals surface area contributed by atoms with Gasteiger partial charge >= 0.3 is 0 Å². The normalized spacial score (nSPS) is 10.3. The van der Waals surface area contributed by atoms with Crippen molar-refractivity contribution in [2.75, 3.05) is 10.6 Å². The molecule has 1 aromatic carbocycles. The van der Waals surface area contributed by atoms with Gasteiger partial charge in [-0.1, -0.05) is 30.1 Å². The number of hydrogen-bond acceptors (Lipinski definition) is 4. The molecule has 0 saturated heterocycles. The van der Waals surface area contributed by atoms with Crippen LogP contribution in [0, 0.1) is 0 Å². The van der Waals surface area contributed by atoms with Crippen molar-refractivity contribution in [2.45, 2.75) is 33.2 Å². The average Bonchev–Trinajstić information content (AvgIpc) is 2.42. The Bertz CT molecular complexity index is 632. The molecule has 22 heavy (non-hydrogen) atoms. The van der Waals surface area contributed by atoms with Crippen LogP contribution in [-0.2, 0) is 6.42 Å². The standard InChI is InChI=1S/C15H18Cl2N4.ClH/c1-4-10-8-14(21-15(20-10)18-9(2)3)19-11-5-6-12(16)13(17)7-11;/h5-9H,4H2,1-3H3,(H2,18,19,20,21);1H. The maximum atomic E-state index is 6.02. The molecule has 120 valence electrons. The van der Waals surface area contributed by atoms with Crippen LogP contribution >= 0.6 is 35.6 Å². The molecule has 0 aliphatic carbocycles. The van der Waals surface area contributed by atoms with Crippen LogP contribution in [0.5, 0.6) is 0 Å². The number of rotatable bonds is 5. The van der Waals surface area contributed by atoms with Gasteiger partial charge in [-0.3, -0.25) is 0 Å². The molecule has 0 amide bonds. The van der Waals surface area contributed by atoms with E-state index in [-0.39, 0.29) is 18.4 Å². The van der Waals surface area contributed by atoms with E-state index >= 15 is 0 Å². The summed E-state index contributed by atoms with van der Waals surface area (Å²) in [4.78, 5) is 8.92. The average molecular weight is 362 g/mol. The minimum atomic E-state index is 0. The van der Waals surface area contributed by atoms with Crippen LogP contribution in [0.25, 0.3) is 0 Å². The van der Waals surface area contributed by atoms with E-state index in [9.17, 15) is 0 Å². The Hall–Kier alpha value is -1.23. The SMILES string of the molecule is CCc1cc(Nc2ccc(Cl)c(Cl)c2)nc(NC(C)C)n1.Cl. The van der Waals surface area contributed by atoms with E-state index in [0.717, 1.165) is 23.6 Å². The number of nitrogens with zero attached hydrogens (tertiary/aromatic N) is 2. The Morgan fingerprint density at radius 1 is 1.09 bits per heavy atom. The molecule has 0 atom stereocenters. The van der Waals surface area contributed by atoms with E-state index < -0.39 is 0 Å². The summed E-state index contributed by atoms with van der Waals surface area (Å²) >= 11 is 11.9. The highest BCUT2D eigenvalue weighted by atomic mass is 35.5. The topological polar surface area (TPSA) is 49.8 Å². The molecular weight excluding hydrogens is 343 g/mol. The van der Waals surface area contributed by atoms with Gasteiger partial charge in [0.25, 0.3) is 0 Å². The summed E-state index contributed by atoms with van der Waals surface area (Å²) in [7, 11) is 0. The first kappa shape index (κ1) is 18.8. The summed E-state index contributed by atoms with van der Waals surface area (Å²) in [5.41, 5.74) is 1.80. The largest absolute Gasteiger partial charge is 0.352 e. The van der Waals surface area contributed by atoms with Crippen LogP contribution in [-0.4, -0.2) is 16.0 Å². The molecule has 2 rings (SSSR count). The van der Waals surface area contributed by atoms with E-state index in [0.29, 0.717) is 16.0 Å². The monoisotopic (exact) mass is 360 g/mol. The van der Waals surface area contributed by atoms with Gasteiger partial charge in [0.15, 0.2) is 0 Å². The first-order valence-corrected chi connectivity index (χ1v) is 7.60. The maximum Gasteiger partial charge on any atom is 0.225 e. The Morgan fingerprint density at radius 2 is 1.82 bits per heavy atom. The lowest BCUT2D eigenvalue weighted by atomic mass is 10.3. The third-order valence-corrected chi connectivity index (χ3v) is 3.49. The second-order valence-electron chi connectivity index (χ2n) is 4.97. The Kier molecular flexibility index (Phi) is 7.20. The lowest BCUT2D eigenvalue weighted by Gasteiger charge is -2.12. The fourth-order valence-electron chi connectivity index (χ4n) is 1.79. The molecular formula is C15H19Cl3N4. The van der Waals surface area contributed by atoms with Crippen LogP contribution in [0.15, 0.2) is 24.3 Å². The summed E-state index contributed by atoms with van der Waals surface area (Å²) in [6, 6.07) is 7.58. The van der Waals surface area contributed by atoms with Crippen molar-refractivity contribution >= 4 is 53.1 Å². The number of benzene rings is 1. The Morgan fingerprint density at radius 3 is 2.41 bits per heavy atom. The summed E-state index contributed by atoms with van der Waals surface area (Å²) in [5.74, 6) is 1.34.